The molecule has 0 fully saturated rings. The molecule has 2 N–H and O–H groups in total. The first-order valence-electron chi connectivity index (χ1n) is 8.14. The van der Waals surface area contributed by atoms with Gasteiger partial charge in [-0.3, -0.25) is 9.69 Å². The number of amides is 1. The fourth-order valence-electron chi connectivity index (χ4n) is 2.36. The number of furan rings is 1. The summed E-state index contributed by atoms with van der Waals surface area (Å²) < 4.78 is 69.1. The van der Waals surface area contributed by atoms with Crippen molar-refractivity contribution in [3.63, 3.8) is 0 Å². The van der Waals surface area contributed by atoms with E-state index < -0.39 is 28.7 Å². The third-order valence-corrected chi connectivity index (χ3v) is 5.28. The Morgan fingerprint density at radius 3 is 2.32 bits per heavy atom. The molecule has 1 heterocycles. The molecule has 0 radical (unpaired) electrons. The van der Waals surface area contributed by atoms with Gasteiger partial charge in [-0.2, -0.15) is 13.2 Å². The zero-order valence-electron chi connectivity index (χ0n) is 15.2. The van der Waals surface area contributed by atoms with Crippen molar-refractivity contribution in [2.45, 2.75) is 17.1 Å². The second kappa shape index (κ2) is 8.76. The number of hydrogen-bond donors (Lipinski definition) is 2. The minimum absolute atomic E-state index is 0.0384. The number of sulfonamides is 1. The summed E-state index contributed by atoms with van der Waals surface area (Å²) in [5.41, 5.74) is -0.0787. The quantitative estimate of drug-likeness (QED) is 0.684. The fourth-order valence-corrected chi connectivity index (χ4v) is 3.40. The first-order chi connectivity index (χ1) is 13.0. The van der Waals surface area contributed by atoms with Crippen molar-refractivity contribution in [3.05, 3.63) is 54.0 Å². The van der Waals surface area contributed by atoms with Crippen LogP contribution in [0.25, 0.3) is 0 Å². The number of carbonyl (C=O) groups is 1. The maximum atomic E-state index is 12.5. The van der Waals surface area contributed by atoms with Crippen LogP contribution >= 0.6 is 0 Å². The van der Waals surface area contributed by atoms with Gasteiger partial charge in [0.25, 0.3) is 5.91 Å². The summed E-state index contributed by atoms with van der Waals surface area (Å²) in [6.07, 6.45) is -3.04. The normalized spacial score (nSPS) is 13.5. The zero-order valence-corrected chi connectivity index (χ0v) is 16.0. The van der Waals surface area contributed by atoms with E-state index in [1.165, 1.54) is 6.26 Å². The van der Waals surface area contributed by atoms with Crippen molar-refractivity contribution in [3.8, 4) is 0 Å². The number of rotatable bonds is 8. The van der Waals surface area contributed by atoms with E-state index in [-0.39, 0.29) is 23.0 Å². The first kappa shape index (κ1) is 21.9. The van der Waals surface area contributed by atoms with Crippen molar-refractivity contribution in [1.29, 1.82) is 0 Å². The Bertz CT molecular complexity index is 879. The second-order valence-electron chi connectivity index (χ2n) is 6.17. The van der Waals surface area contributed by atoms with Crippen molar-refractivity contribution in [2.24, 2.45) is 0 Å². The summed E-state index contributed by atoms with van der Waals surface area (Å²) in [5, 5.41) is 1.72. The standard InChI is InChI=1S/C17H20F3N3O4S/c1-23(2)14(15-4-3-9-27-15)10-22-28(25,26)13-7-5-12(6-8-13)16(24)21-11-17(18,19)20/h3-9,14,22H,10-11H2,1-2H3,(H,21,24). The monoisotopic (exact) mass is 419 g/mol. The highest BCUT2D eigenvalue weighted by molar-refractivity contribution is 7.89. The third kappa shape index (κ3) is 6.08. The lowest BCUT2D eigenvalue weighted by Crippen LogP contribution is -2.34. The molecule has 1 atom stereocenters. The number of alkyl halides is 3. The molecule has 1 aromatic heterocycles. The summed E-state index contributed by atoms with van der Waals surface area (Å²) in [4.78, 5) is 13.4. The van der Waals surface area contributed by atoms with Gasteiger partial charge in [0.15, 0.2) is 0 Å². The van der Waals surface area contributed by atoms with Crippen LogP contribution < -0.4 is 10.0 Å². The molecule has 0 aliphatic carbocycles. The lowest BCUT2D eigenvalue weighted by molar-refractivity contribution is -0.123. The van der Waals surface area contributed by atoms with Gasteiger partial charge in [0.1, 0.15) is 12.3 Å². The van der Waals surface area contributed by atoms with Crippen LogP contribution in [0.5, 0.6) is 0 Å². The van der Waals surface area contributed by atoms with Gasteiger partial charge in [-0.15, -0.1) is 0 Å². The molecule has 2 rings (SSSR count). The molecule has 1 amide bonds. The van der Waals surface area contributed by atoms with Gasteiger partial charge in [0.2, 0.25) is 10.0 Å². The average molecular weight is 419 g/mol. The van der Waals surface area contributed by atoms with Crippen LogP contribution in [0, 0.1) is 0 Å². The van der Waals surface area contributed by atoms with Crippen LogP contribution in [0.4, 0.5) is 13.2 Å². The van der Waals surface area contributed by atoms with E-state index in [2.05, 4.69) is 4.72 Å². The molecule has 2 aromatic rings. The molecular formula is C17H20F3N3O4S. The highest BCUT2D eigenvalue weighted by Crippen LogP contribution is 2.19. The van der Waals surface area contributed by atoms with Gasteiger partial charge in [0.05, 0.1) is 17.2 Å². The molecule has 0 saturated carbocycles. The van der Waals surface area contributed by atoms with E-state index in [0.717, 1.165) is 24.3 Å². The summed E-state index contributed by atoms with van der Waals surface area (Å²) in [7, 11) is -0.341. The number of hydrogen-bond acceptors (Lipinski definition) is 5. The molecule has 0 aliphatic rings. The van der Waals surface area contributed by atoms with Gasteiger partial charge >= 0.3 is 6.18 Å². The molecule has 1 aromatic carbocycles. The third-order valence-electron chi connectivity index (χ3n) is 3.84. The summed E-state index contributed by atoms with van der Waals surface area (Å²) in [6.45, 7) is -1.43. The topological polar surface area (TPSA) is 91.7 Å². The SMILES string of the molecule is CN(C)C(CNS(=O)(=O)c1ccc(C(=O)NCC(F)(F)F)cc1)c1ccco1. The number of halogens is 3. The van der Waals surface area contributed by atoms with Crippen molar-refractivity contribution < 1.29 is 30.8 Å². The van der Waals surface area contributed by atoms with Gasteiger partial charge in [0, 0.05) is 12.1 Å². The van der Waals surface area contributed by atoms with E-state index in [1.54, 1.807) is 36.4 Å². The molecule has 7 nitrogen and oxygen atoms in total. The number of likely N-dealkylation sites (N-methyl/N-ethyl adjacent to an activating group) is 1. The van der Waals surface area contributed by atoms with E-state index >= 15 is 0 Å². The molecular weight excluding hydrogens is 399 g/mol. The Morgan fingerprint density at radius 1 is 1.18 bits per heavy atom. The van der Waals surface area contributed by atoms with Gasteiger partial charge in [-0.1, -0.05) is 0 Å². The lowest BCUT2D eigenvalue weighted by atomic mass is 10.2. The highest BCUT2D eigenvalue weighted by Gasteiger charge is 2.28. The largest absolute Gasteiger partial charge is 0.468 e. The molecule has 0 saturated heterocycles. The maximum Gasteiger partial charge on any atom is 0.405 e. The Kier molecular flexibility index (Phi) is 6.86. The van der Waals surface area contributed by atoms with E-state index in [4.69, 9.17) is 4.42 Å². The molecule has 11 heteroatoms. The van der Waals surface area contributed by atoms with Crippen molar-refractivity contribution in [2.75, 3.05) is 27.2 Å². The molecule has 28 heavy (non-hydrogen) atoms. The molecule has 0 bridgehead atoms. The van der Waals surface area contributed by atoms with E-state index in [0.29, 0.717) is 5.76 Å². The van der Waals surface area contributed by atoms with Crippen LogP contribution in [-0.4, -0.2) is 52.6 Å². The fraction of sp³-hybridized carbons (Fsp3) is 0.353. The predicted molar refractivity (Wildman–Crippen MR) is 95.2 cm³/mol. The van der Waals surface area contributed by atoms with Crippen LogP contribution in [0.3, 0.4) is 0 Å². The Balaban J connectivity index is 2.04. The smallest absolute Gasteiger partial charge is 0.405 e. The van der Waals surface area contributed by atoms with Crippen molar-refractivity contribution >= 4 is 15.9 Å². The lowest BCUT2D eigenvalue weighted by Gasteiger charge is -2.22. The summed E-state index contributed by atoms with van der Waals surface area (Å²) in [5.74, 6) is -0.357. The minimum atomic E-state index is -4.53. The minimum Gasteiger partial charge on any atom is -0.468 e. The Morgan fingerprint density at radius 2 is 1.82 bits per heavy atom. The number of nitrogens with one attached hydrogen (secondary N) is 2. The first-order valence-corrected chi connectivity index (χ1v) is 9.62. The van der Waals surface area contributed by atoms with Crippen LogP contribution in [0.15, 0.2) is 52.0 Å². The average Bonchev–Trinajstić information content (AvgIpc) is 3.13. The highest BCUT2D eigenvalue weighted by atomic mass is 32.2. The second-order valence-corrected chi connectivity index (χ2v) is 7.94. The Labute approximate surface area is 160 Å². The van der Waals surface area contributed by atoms with Crippen LogP contribution in [0.1, 0.15) is 22.2 Å². The molecule has 0 spiro atoms. The summed E-state index contributed by atoms with van der Waals surface area (Å²) >= 11 is 0. The van der Waals surface area contributed by atoms with Crippen molar-refractivity contribution in [1.82, 2.24) is 14.9 Å². The zero-order chi connectivity index (χ0) is 20.9. The van der Waals surface area contributed by atoms with Crippen LogP contribution in [0.2, 0.25) is 0 Å². The van der Waals surface area contributed by atoms with Crippen LogP contribution in [-0.2, 0) is 10.0 Å². The molecule has 1 unspecified atom stereocenters. The van der Waals surface area contributed by atoms with Gasteiger partial charge in [-0.05, 0) is 50.5 Å². The Hall–Kier alpha value is -2.37. The predicted octanol–water partition coefficient (Wildman–Crippen LogP) is 2.15. The molecule has 154 valence electrons. The molecule has 0 aliphatic heterocycles. The van der Waals surface area contributed by atoms with E-state index in [9.17, 15) is 26.4 Å². The summed E-state index contributed by atoms with van der Waals surface area (Å²) in [6, 6.07) is 7.70. The number of nitrogens with zero attached hydrogens (tertiary/aromatic N) is 1. The number of carbonyl (C=O) groups excluding carboxylic acids is 1. The number of benzene rings is 1. The van der Waals surface area contributed by atoms with Gasteiger partial charge in [-0.25, -0.2) is 13.1 Å². The van der Waals surface area contributed by atoms with Gasteiger partial charge < -0.3 is 9.73 Å². The maximum absolute atomic E-state index is 12.5. The van der Waals surface area contributed by atoms with E-state index in [1.807, 2.05) is 0 Å².